The van der Waals surface area contributed by atoms with E-state index >= 15 is 0 Å². The summed E-state index contributed by atoms with van der Waals surface area (Å²) in [5, 5.41) is 4.24. The Balaban J connectivity index is 1.71. The molecular weight excluding hydrogens is 485 g/mol. The first-order valence-corrected chi connectivity index (χ1v) is 10.9. The Hall–Kier alpha value is -2.34. The Kier molecular flexibility index (Phi) is 6.14. The summed E-state index contributed by atoms with van der Waals surface area (Å²) in [6.07, 6.45) is 0. The first kappa shape index (κ1) is 20.9. The number of imidazole rings is 1. The predicted molar refractivity (Wildman–Crippen MR) is 125 cm³/mol. The van der Waals surface area contributed by atoms with E-state index in [-0.39, 0.29) is 11.9 Å². The summed E-state index contributed by atoms with van der Waals surface area (Å²) < 4.78 is 2.90. The number of aromatic nitrogens is 2. The van der Waals surface area contributed by atoms with Crippen LogP contribution in [0.5, 0.6) is 0 Å². The molecule has 4 nitrogen and oxygen atoms in total. The van der Waals surface area contributed by atoms with Crippen molar-refractivity contribution in [2.24, 2.45) is 0 Å². The van der Waals surface area contributed by atoms with Crippen molar-refractivity contribution in [3.63, 3.8) is 0 Å². The van der Waals surface area contributed by atoms with Gasteiger partial charge in [-0.05, 0) is 49.4 Å². The fourth-order valence-electron chi connectivity index (χ4n) is 3.41. The average molecular weight is 503 g/mol. The second-order valence-electron chi connectivity index (χ2n) is 6.95. The molecule has 1 amide bonds. The van der Waals surface area contributed by atoms with Gasteiger partial charge in [-0.25, -0.2) is 4.98 Å². The number of amides is 1. The van der Waals surface area contributed by atoms with E-state index in [0.717, 1.165) is 26.9 Å². The molecular formula is C23H18BrCl2N3O. The van der Waals surface area contributed by atoms with Gasteiger partial charge in [0.2, 0.25) is 0 Å². The minimum Gasteiger partial charge on any atom is -0.342 e. The highest BCUT2D eigenvalue weighted by Crippen LogP contribution is 2.29. The number of halogens is 3. The molecule has 0 aliphatic heterocycles. The minimum atomic E-state index is -0.329. The SMILES string of the molecule is CC(NC(=O)c1cccc(Br)c1)c1nc2ccccc2n1Cc1c(Cl)cccc1Cl. The summed E-state index contributed by atoms with van der Waals surface area (Å²) in [6.45, 7) is 2.37. The number of hydrogen-bond acceptors (Lipinski definition) is 2. The summed E-state index contributed by atoms with van der Waals surface area (Å²) in [4.78, 5) is 17.5. The highest BCUT2D eigenvalue weighted by molar-refractivity contribution is 9.10. The summed E-state index contributed by atoms with van der Waals surface area (Å²) in [5.74, 6) is 0.564. The lowest BCUT2D eigenvalue weighted by Gasteiger charge is -2.17. The maximum atomic E-state index is 12.8. The van der Waals surface area contributed by atoms with Gasteiger partial charge in [0.25, 0.3) is 5.91 Å². The van der Waals surface area contributed by atoms with Crippen LogP contribution in [0.1, 0.15) is 34.7 Å². The quantitative estimate of drug-likeness (QED) is 0.332. The second kappa shape index (κ2) is 8.80. The molecule has 1 aromatic heterocycles. The van der Waals surface area contributed by atoms with Gasteiger partial charge in [-0.15, -0.1) is 0 Å². The van der Waals surface area contributed by atoms with Crippen LogP contribution in [0.3, 0.4) is 0 Å². The van der Waals surface area contributed by atoms with Gasteiger partial charge in [-0.3, -0.25) is 4.79 Å². The van der Waals surface area contributed by atoms with Crippen LogP contribution in [0.4, 0.5) is 0 Å². The molecule has 0 fully saturated rings. The van der Waals surface area contributed by atoms with Gasteiger partial charge in [-0.1, -0.05) is 63.4 Å². The van der Waals surface area contributed by atoms with Crippen LogP contribution in [0.15, 0.2) is 71.2 Å². The van der Waals surface area contributed by atoms with Gasteiger partial charge in [0.15, 0.2) is 0 Å². The number of nitrogens with zero attached hydrogens (tertiary/aromatic N) is 2. The van der Waals surface area contributed by atoms with E-state index in [9.17, 15) is 4.79 Å². The Labute approximate surface area is 193 Å². The number of fused-ring (bicyclic) bond motifs is 1. The van der Waals surface area contributed by atoms with Crippen molar-refractivity contribution in [3.8, 4) is 0 Å². The van der Waals surface area contributed by atoms with Crippen LogP contribution in [-0.2, 0) is 6.54 Å². The maximum Gasteiger partial charge on any atom is 0.251 e. The average Bonchev–Trinajstić information content (AvgIpc) is 3.09. The number of carbonyl (C=O) groups excluding carboxylic acids is 1. The van der Waals surface area contributed by atoms with E-state index in [0.29, 0.717) is 22.2 Å². The van der Waals surface area contributed by atoms with Crippen molar-refractivity contribution in [1.82, 2.24) is 14.9 Å². The topological polar surface area (TPSA) is 46.9 Å². The Morgan fingerprint density at radius 2 is 1.77 bits per heavy atom. The molecule has 152 valence electrons. The Bertz CT molecular complexity index is 1220. The van der Waals surface area contributed by atoms with Gasteiger partial charge < -0.3 is 9.88 Å². The molecule has 4 rings (SSSR count). The van der Waals surface area contributed by atoms with Crippen molar-refractivity contribution >= 4 is 56.1 Å². The third-order valence-corrected chi connectivity index (χ3v) is 6.09. The van der Waals surface area contributed by atoms with Crippen molar-refractivity contribution in [2.45, 2.75) is 19.5 Å². The zero-order valence-electron chi connectivity index (χ0n) is 16.1. The number of para-hydroxylation sites is 2. The van der Waals surface area contributed by atoms with Gasteiger partial charge in [0, 0.05) is 25.6 Å². The molecule has 0 aliphatic rings. The highest BCUT2D eigenvalue weighted by atomic mass is 79.9. The van der Waals surface area contributed by atoms with Crippen molar-refractivity contribution in [2.75, 3.05) is 0 Å². The molecule has 1 N–H and O–H groups in total. The van der Waals surface area contributed by atoms with Crippen molar-refractivity contribution in [3.05, 3.63) is 98.2 Å². The lowest BCUT2D eigenvalue weighted by Crippen LogP contribution is -2.28. The lowest BCUT2D eigenvalue weighted by atomic mass is 10.2. The molecule has 0 saturated carbocycles. The summed E-state index contributed by atoms with van der Waals surface area (Å²) in [6, 6.07) is 20.3. The Morgan fingerprint density at radius 1 is 1.07 bits per heavy atom. The number of carbonyl (C=O) groups is 1. The van der Waals surface area contributed by atoms with E-state index in [4.69, 9.17) is 28.2 Å². The van der Waals surface area contributed by atoms with Crippen LogP contribution in [0.25, 0.3) is 11.0 Å². The van der Waals surface area contributed by atoms with E-state index in [2.05, 4.69) is 21.2 Å². The number of nitrogens with one attached hydrogen (secondary N) is 1. The molecule has 30 heavy (non-hydrogen) atoms. The van der Waals surface area contributed by atoms with Gasteiger partial charge in [-0.2, -0.15) is 0 Å². The highest BCUT2D eigenvalue weighted by Gasteiger charge is 2.20. The van der Waals surface area contributed by atoms with E-state index in [1.54, 1.807) is 12.1 Å². The molecule has 7 heteroatoms. The van der Waals surface area contributed by atoms with Gasteiger partial charge in [0.1, 0.15) is 5.82 Å². The monoisotopic (exact) mass is 501 g/mol. The molecule has 4 aromatic rings. The fraction of sp³-hybridized carbons (Fsp3) is 0.130. The van der Waals surface area contributed by atoms with E-state index in [1.807, 2.05) is 66.1 Å². The number of rotatable bonds is 5. The Morgan fingerprint density at radius 3 is 2.50 bits per heavy atom. The molecule has 0 aliphatic carbocycles. The standard InChI is InChI=1S/C23H18BrCl2N3O/c1-14(27-23(30)15-6-4-7-16(24)12-15)22-28-20-10-2-3-11-21(20)29(22)13-17-18(25)8-5-9-19(17)26/h2-12,14H,13H2,1H3,(H,27,30). The van der Waals surface area contributed by atoms with Crippen LogP contribution in [0, 0.1) is 0 Å². The van der Waals surface area contributed by atoms with Crippen molar-refractivity contribution < 1.29 is 4.79 Å². The number of benzene rings is 3. The predicted octanol–water partition coefficient (Wildman–Crippen LogP) is 6.64. The fourth-order valence-corrected chi connectivity index (χ4v) is 4.32. The normalized spacial score (nSPS) is 12.1. The van der Waals surface area contributed by atoms with Crippen LogP contribution < -0.4 is 5.32 Å². The molecule has 1 heterocycles. The lowest BCUT2D eigenvalue weighted by molar-refractivity contribution is 0.0937. The largest absolute Gasteiger partial charge is 0.342 e. The molecule has 3 aromatic carbocycles. The molecule has 0 radical (unpaired) electrons. The van der Waals surface area contributed by atoms with Crippen LogP contribution in [-0.4, -0.2) is 15.5 Å². The van der Waals surface area contributed by atoms with Crippen LogP contribution in [0.2, 0.25) is 10.0 Å². The third-order valence-electron chi connectivity index (χ3n) is 4.88. The van der Waals surface area contributed by atoms with Crippen molar-refractivity contribution in [1.29, 1.82) is 0 Å². The molecule has 0 spiro atoms. The molecule has 1 atom stereocenters. The van der Waals surface area contributed by atoms with Gasteiger partial charge >= 0.3 is 0 Å². The second-order valence-corrected chi connectivity index (χ2v) is 8.68. The van der Waals surface area contributed by atoms with Gasteiger partial charge in [0.05, 0.1) is 23.6 Å². The number of hydrogen-bond donors (Lipinski definition) is 1. The zero-order valence-corrected chi connectivity index (χ0v) is 19.2. The summed E-state index contributed by atoms with van der Waals surface area (Å²) >= 11 is 16.2. The van der Waals surface area contributed by atoms with E-state index < -0.39 is 0 Å². The summed E-state index contributed by atoms with van der Waals surface area (Å²) in [5.41, 5.74) is 3.19. The maximum absolute atomic E-state index is 12.8. The smallest absolute Gasteiger partial charge is 0.251 e. The van der Waals surface area contributed by atoms with Crippen LogP contribution >= 0.6 is 39.1 Å². The summed E-state index contributed by atoms with van der Waals surface area (Å²) in [7, 11) is 0. The molecule has 0 saturated heterocycles. The first-order valence-electron chi connectivity index (χ1n) is 9.38. The molecule has 1 unspecified atom stereocenters. The minimum absolute atomic E-state index is 0.168. The first-order chi connectivity index (χ1) is 14.4. The molecule has 0 bridgehead atoms. The zero-order chi connectivity index (χ0) is 21.3. The van der Waals surface area contributed by atoms with E-state index in [1.165, 1.54) is 0 Å². The third kappa shape index (κ3) is 4.24.